The first-order valence-corrected chi connectivity index (χ1v) is 20.1. The van der Waals surface area contributed by atoms with E-state index in [0.29, 0.717) is 35.6 Å². The predicted octanol–water partition coefficient (Wildman–Crippen LogP) is 5.36. The van der Waals surface area contributed by atoms with Crippen molar-refractivity contribution in [2.24, 2.45) is 16.7 Å². The molecule has 0 spiro atoms. The molecule has 1 saturated carbocycles. The maximum atomic E-state index is 13.5. The standard InChI is InChI=1S/C41H48ClN11O4/c1-40(2)37(41(3,4)38(40)57-28-19-30(42)31(20-43)44-22-28)49-36(55)26-5-6-32(45-21-26)51-15-7-25(8-16-51)23-50-13-9-27(10-14-50)52-17-11-29-34(52)46-24-47-35(29)53-18-12-33(54)48-39(53)56/h5-6,11,17,19,21-22,24-25,27,37-38H,7-10,12-16,18,23H2,1-4H3,(H,49,55)(H,48,54,56). The monoisotopic (exact) mass is 793 g/mol. The summed E-state index contributed by atoms with van der Waals surface area (Å²) in [7, 11) is 0. The number of anilines is 2. The SMILES string of the molecule is CC1(C)C(NC(=O)c2ccc(N3CCC(CN4CCC(n5ccc6c(N7CCC(=O)NC7=O)ncnc65)CC4)CC3)nc2)C(C)(C)C1Oc1cnc(C#N)c(Cl)c1. The lowest BCUT2D eigenvalue weighted by molar-refractivity contribution is -0.164. The Morgan fingerprint density at radius 2 is 1.74 bits per heavy atom. The van der Waals surface area contributed by atoms with E-state index in [-0.39, 0.29) is 51.9 Å². The molecule has 0 radical (unpaired) electrons. The Labute approximate surface area is 336 Å². The van der Waals surface area contributed by atoms with Crippen LogP contribution in [0.25, 0.3) is 11.0 Å². The van der Waals surface area contributed by atoms with Gasteiger partial charge in [-0.1, -0.05) is 39.3 Å². The van der Waals surface area contributed by atoms with Crippen LogP contribution in [0.4, 0.5) is 16.4 Å². The van der Waals surface area contributed by atoms with Gasteiger partial charge in [-0.3, -0.25) is 19.8 Å². The molecular formula is C41H48ClN11O4. The van der Waals surface area contributed by atoms with Crippen molar-refractivity contribution >= 4 is 52.1 Å². The Balaban J connectivity index is 0.800. The zero-order chi connectivity index (χ0) is 40.1. The highest BCUT2D eigenvalue weighted by Gasteiger charge is 2.64. The summed E-state index contributed by atoms with van der Waals surface area (Å²) in [5, 5.41) is 15.8. The molecule has 2 N–H and O–H groups in total. The van der Waals surface area contributed by atoms with Crippen molar-refractivity contribution in [2.75, 3.05) is 49.1 Å². The number of piperidine rings is 2. The molecular weight excluding hydrogens is 746 g/mol. The Hall–Kier alpha value is -5.33. The number of nitrogens with one attached hydrogen (secondary N) is 2. The zero-order valence-corrected chi connectivity index (χ0v) is 33.5. The molecule has 4 aromatic rings. The summed E-state index contributed by atoms with van der Waals surface area (Å²) in [6, 6.07) is 9.07. The number of amides is 4. The number of fused-ring (bicyclic) bond motifs is 1. The van der Waals surface area contributed by atoms with Gasteiger partial charge in [-0.05, 0) is 49.8 Å². The number of nitrogens with zero attached hydrogens (tertiary/aromatic N) is 9. The molecule has 8 rings (SSSR count). The lowest BCUT2D eigenvalue weighted by Gasteiger charge is -2.63. The van der Waals surface area contributed by atoms with Gasteiger partial charge < -0.3 is 24.4 Å². The Morgan fingerprint density at radius 3 is 2.40 bits per heavy atom. The molecule has 0 atom stereocenters. The average Bonchev–Trinajstić information content (AvgIpc) is 3.64. The number of hydrogen-bond acceptors (Lipinski definition) is 11. The van der Waals surface area contributed by atoms with Crippen molar-refractivity contribution < 1.29 is 19.1 Å². The van der Waals surface area contributed by atoms with Gasteiger partial charge >= 0.3 is 6.03 Å². The first kappa shape index (κ1) is 38.5. The van der Waals surface area contributed by atoms with Crippen LogP contribution in [0, 0.1) is 28.1 Å². The highest BCUT2D eigenvalue weighted by molar-refractivity contribution is 6.31. The fraction of sp³-hybridized carbons (Fsp3) is 0.512. The number of aromatic nitrogens is 5. The number of likely N-dealkylation sites (tertiary alicyclic amines) is 1. The van der Waals surface area contributed by atoms with Gasteiger partial charge in [0.25, 0.3) is 5.91 Å². The molecule has 57 heavy (non-hydrogen) atoms. The fourth-order valence-electron chi connectivity index (χ4n) is 9.75. The largest absolute Gasteiger partial charge is 0.487 e. The molecule has 0 unspecified atom stereocenters. The second kappa shape index (κ2) is 15.2. The van der Waals surface area contributed by atoms with E-state index < -0.39 is 6.03 Å². The van der Waals surface area contributed by atoms with Crippen molar-refractivity contribution in [3.8, 4) is 11.8 Å². The highest BCUT2D eigenvalue weighted by atomic mass is 35.5. The Kier molecular flexibility index (Phi) is 10.3. The topological polar surface area (TPSA) is 175 Å². The van der Waals surface area contributed by atoms with Gasteiger partial charge in [0.15, 0.2) is 5.69 Å². The molecule has 4 fully saturated rings. The first-order valence-electron chi connectivity index (χ1n) is 19.7. The van der Waals surface area contributed by atoms with E-state index in [1.165, 1.54) is 17.4 Å². The maximum Gasteiger partial charge on any atom is 0.329 e. The lowest BCUT2D eigenvalue weighted by Crippen LogP contribution is -2.74. The van der Waals surface area contributed by atoms with E-state index in [1.807, 2.05) is 24.3 Å². The van der Waals surface area contributed by atoms with Crippen molar-refractivity contribution in [3.63, 3.8) is 0 Å². The van der Waals surface area contributed by atoms with Crippen molar-refractivity contribution in [1.29, 1.82) is 5.26 Å². The normalized spacial score (nSPS) is 22.8. The summed E-state index contributed by atoms with van der Waals surface area (Å²) < 4.78 is 8.54. The minimum atomic E-state index is -0.445. The van der Waals surface area contributed by atoms with Gasteiger partial charge in [-0.25, -0.2) is 24.7 Å². The third-order valence-corrected chi connectivity index (χ3v) is 12.8. The van der Waals surface area contributed by atoms with Gasteiger partial charge in [-0.2, -0.15) is 5.26 Å². The van der Waals surface area contributed by atoms with E-state index in [0.717, 1.165) is 75.3 Å². The van der Waals surface area contributed by atoms with Crippen LogP contribution >= 0.6 is 11.6 Å². The van der Waals surface area contributed by atoms with Crippen molar-refractivity contribution in [2.45, 2.75) is 78.0 Å². The number of ether oxygens (including phenoxy) is 1. The summed E-state index contributed by atoms with van der Waals surface area (Å²) in [6.45, 7) is 13.5. The number of halogens is 1. The van der Waals surface area contributed by atoms with Gasteiger partial charge in [0.2, 0.25) is 5.91 Å². The van der Waals surface area contributed by atoms with E-state index in [9.17, 15) is 14.4 Å². The van der Waals surface area contributed by atoms with Gasteiger partial charge in [0, 0.05) is 87.1 Å². The van der Waals surface area contributed by atoms with Crippen LogP contribution in [0.5, 0.6) is 5.75 Å². The van der Waals surface area contributed by atoms with E-state index in [1.54, 1.807) is 12.3 Å². The summed E-state index contributed by atoms with van der Waals surface area (Å²) in [4.78, 5) is 61.9. The fourth-order valence-corrected chi connectivity index (χ4v) is 9.95. The molecule has 3 aliphatic heterocycles. The molecule has 298 valence electrons. The second-order valence-corrected chi connectivity index (χ2v) is 17.3. The average molecular weight is 794 g/mol. The predicted molar refractivity (Wildman–Crippen MR) is 214 cm³/mol. The molecule has 16 heteroatoms. The molecule has 0 bridgehead atoms. The summed E-state index contributed by atoms with van der Waals surface area (Å²) >= 11 is 6.19. The number of imide groups is 1. The van der Waals surface area contributed by atoms with Crippen molar-refractivity contribution in [1.82, 2.24) is 40.0 Å². The molecule has 4 amide bonds. The summed E-state index contributed by atoms with van der Waals surface area (Å²) in [5.74, 6) is 2.09. The molecule has 4 aliphatic rings. The quantitative estimate of drug-likeness (QED) is 0.223. The number of urea groups is 1. The van der Waals surface area contributed by atoms with Crippen LogP contribution in [0.15, 0.2) is 49.2 Å². The maximum absolute atomic E-state index is 13.5. The number of hydrogen-bond donors (Lipinski definition) is 2. The number of rotatable bonds is 9. The van der Waals surface area contributed by atoms with Crippen LogP contribution in [0.2, 0.25) is 5.02 Å². The first-order chi connectivity index (χ1) is 27.3. The summed E-state index contributed by atoms with van der Waals surface area (Å²) in [5.41, 5.74) is 0.714. The van der Waals surface area contributed by atoms with Crippen LogP contribution in [0.1, 0.15) is 81.9 Å². The third kappa shape index (κ3) is 7.36. The van der Waals surface area contributed by atoms with Gasteiger partial charge in [-0.15, -0.1) is 0 Å². The molecule has 0 aromatic carbocycles. The van der Waals surface area contributed by atoms with Gasteiger partial charge in [0.1, 0.15) is 41.5 Å². The van der Waals surface area contributed by atoms with Gasteiger partial charge in [0.05, 0.1) is 22.2 Å². The van der Waals surface area contributed by atoms with Crippen LogP contribution in [0.3, 0.4) is 0 Å². The van der Waals surface area contributed by atoms with E-state index in [2.05, 4.69) is 73.8 Å². The molecule has 3 saturated heterocycles. The molecule has 15 nitrogen and oxygen atoms in total. The van der Waals surface area contributed by atoms with Crippen LogP contribution < -0.4 is 25.2 Å². The Bertz CT molecular complexity index is 2200. The third-order valence-electron chi connectivity index (χ3n) is 12.5. The number of pyridine rings is 2. The van der Waals surface area contributed by atoms with Crippen LogP contribution in [-0.4, -0.2) is 98.7 Å². The number of nitriles is 1. The highest BCUT2D eigenvalue weighted by Crippen LogP contribution is 2.55. The molecule has 7 heterocycles. The number of carbonyl (C=O) groups excluding carboxylic acids is 3. The Morgan fingerprint density at radius 1 is 0.982 bits per heavy atom. The second-order valence-electron chi connectivity index (χ2n) is 16.9. The van der Waals surface area contributed by atoms with E-state index in [4.69, 9.17) is 26.6 Å². The van der Waals surface area contributed by atoms with E-state index >= 15 is 0 Å². The number of carbonyl (C=O) groups is 3. The van der Waals surface area contributed by atoms with Crippen molar-refractivity contribution in [3.05, 3.63) is 65.5 Å². The molecule has 1 aliphatic carbocycles. The lowest BCUT2D eigenvalue weighted by atomic mass is 9.49. The molecule has 4 aromatic heterocycles. The smallest absolute Gasteiger partial charge is 0.329 e. The summed E-state index contributed by atoms with van der Waals surface area (Å²) in [6.07, 6.45) is 11.0. The zero-order valence-electron chi connectivity index (χ0n) is 32.7. The minimum absolute atomic E-state index is 0.152. The minimum Gasteiger partial charge on any atom is -0.487 e. The van der Waals surface area contributed by atoms with Crippen LogP contribution in [-0.2, 0) is 4.79 Å².